The lowest BCUT2D eigenvalue weighted by Gasteiger charge is -2.40. The van der Waals surface area contributed by atoms with Crippen LogP contribution in [0.3, 0.4) is 0 Å². The molecule has 2 atom stereocenters. The zero-order valence-corrected chi connectivity index (χ0v) is 11.6. The molecule has 1 N–H and O–H groups in total. The van der Waals surface area contributed by atoms with E-state index in [2.05, 4.69) is 28.0 Å². The Morgan fingerprint density at radius 1 is 1.50 bits per heavy atom. The lowest BCUT2D eigenvalue weighted by atomic mass is 10.1. The van der Waals surface area contributed by atoms with Gasteiger partial charge >= 0.3 is 0 Å². The quantitative estimate of drug-likeness (QED) is 0.837. The van der Waals surface area contributed by atoms with Gasteiger partial charge < -0.3 is 5.11 Å². The second-order valence-corrected chi connectivity index (χ2v) is 5.45. The van der Waals surface area contributed by atoms with E-state index in [1.54, 1.807) is 0 Å². The molecule has 5 heteroatoms. The minimum atomic E-state index is -0.239. The zero-order chi connectivity index (χ0) is 13.1. The van der Waals surface area contributed by atoms with Crippen molar-refractivity contribution in [2.75, 3.05) is 26.2 Å². The highest BCUT2D eigenvalue weighted by Crippen LogP contribution is 2.13. The van der Waals surface area contributed by atoms with Crippen molar-refractivity contribution < 1.29 is 5.11 Å². The number of nitrogens with zero attached hydrogens (tertiary/aromatic N) is 4. The molecule has 0 bridgehead atoms. The minimum Gasteiger partial charge on any atom is -0.392 e. The fourth-order valence-corrected chi connectivity index (χ4v) is 2.64. The highest BCUT2D eigenvalue weighted by Gasteiger charge is 2.24. The van der Waals surface area contributed by atoms with Gasteiger partial charge in [-0.3, -0.25) is 14.5 Å². The Balaban J connectivity index is 1.84. The fraction of sp³-hybridized carbons (Fsp3) is 0.769. The maximum Gasteiger partial charge on any atom is 0.0639 e. The van der Waals surface area contributed by atoms with Gasteiger partial charge in [0.25, 0.3) is 0 Å². The first-order chi connectivity index (χ1) is 8.54. The van der Waals surface area contributed by atoms with Crippen LogP contribution in [0.4, 0.5) is 0 Å². The van der Waals surface area contributed by atoms with Gasteiger partial charge in [-0.1, -0.05) is 0 Å². The number of hydrogen-bond acceptors (Lipinski definition) is 4. The summed E-state index contributed by atoms with van der Waals surface area (Å²) in [6, 6.07) is 0.505. The van der Waals surface area contributed by atoms with Crippen molar-refractivity contribution in [1.82, 2.24) is 19.6 Å². The molecule has 0 radical (unpaired) electrons. The number of β-amino-alcohol motifs (C(OH)–C–C–N with tert-alkyl or cyclic N) is 1. The summed E-state index contributed by atoms with van der Waals surface area (Å²) in [6.45, 7) is 9.00. The Morgan fingerprint density at radius 2 is 2.28 bits per heavy atom. The SMILES string of the molecule is C[C@H](O)CN1CCN(Cc2cnn(C)c2)C[C@H]1C. The van der Waals surface area contributed by atoms with Crippen LogP contribution < -0.4 is 0 Å². The molecule has 1 aliphatic heterocycles. The van der Waals surface area contributed by atoms with Gasteiger partial charge in [0.2, 0.25) is 0 Å². The molecule has 0 amide bonds. The van der Waals surface area contributed by atoms with Gasteiger partial charge in [-0.15, -0.1) is 0 Å². The highest BCUT2D eigenvalue weighted by molar-refractivity contribution is 5.03. The Hall–Kier alpha value is -0.910. The summed E-state index contributed by atoms with van der Waals surface area (Å²) in [5.41, 5.74) is 1.27. The largest absolute Gasteiger partial charge is 0.392 e. The molecule has 2 rings (SSSR count). The molecule has 0 spiro atoms. The van der Waals surface area contributed by atoms with Gasteiger partial charge in [-0.05, 0) is 13.8 Å². The van der Waals surface area contributed by atoms with Crippen LogP contribution in [-0.2, 0) is 13.6 Å². The van der Waals surface area contributed by atoms with Gasteiger partial charge in [0, 0.05) is 57.6 Å². The van der Waals surface area contributed by atoms with E-state index in [1.165, 1.54) is 5.56 Å². The van der Waals surface area contributed by atoms with Crippen molar-refractivity contribution in [2.24, 2.45) is 7.05 Å². The number of rotatable bonds is 4. The molecule has 0 unspecified atom stereocenters. The molecule has 102 valence electrons. The molecule has 1 aromatic heterocycles. The summed E-state index contributed by atoms with van der Waals surface area (Å²) in [7, 11) is 1.95. The molecule has 1 saturated heterocycles. The lowest BCUT2D eigenvalue weighted by Crippen LogP contribution is -2.53. The van der Waals surface area contributed by atoms with Crippen LogP contribution in [0.5, 0.6) is 0 Å². The van der Waals surface area contributed by atoms with E-state index in [0.29, 0.717) is 6.04 Å². The highest BCUT2D eigenvalue weighted by atomic mass is 16.3. The van der Waals surface area contributed by atoms with Crippen molar-refractivity contribution in [3.63, 3.8) is 0 Å². The van der Waals surface area contributed by atoms with Crippen LogP contribution in [0.2, 0.25) is 0 Å². The number of aliphatic hydroxyl groups is 1. The van der Waals surface area contributed by atoms with Crippen molar-refractivity contribution in [3.05, 3.63) is 18.0 Å². The number of piperazine rings is 1. The predicted molar refractivity (Wildman–Crippen MR) is 71.2 cm³/mol. The van der Waals surface area contributed by atoms with Crippen LogP contribution in [0.25, 0.3) is 0 Å². The van der Waals surface area contributed by atoms with E-state index in [4.69, 9.17) is 0 Å². The molecule has 0 saturated carbocycles. The van der Waals surface area contributed by atoms with Gasteiger partial charge in [-0.2, -0.15) is 5.10 Å². The van der Waals surface area contributed by atoms with Crippen LogP contribution >= 0.6 is 0 Å². The Kier molecular flexibility index (Phi) is 4.37. The molecule has 1 fully saturated rings. The summed E-state index contributed by atoms with van der Waals surface area (Å²) in [5.74, 6) is 0. The molecule has 5 nitrogen and oxygen atoms in total. The number of hydrogen-bond donors (Lipinski definition) is 1. The van der Waals surface area contributed by atoms with Crippen molar-refractivity contribution in [2.45, 2.75) is 32.5 Å². The van der Waals surface area contributed by atoms with E-state index in [1.807, 2.05) is 24.9 Å². The van der Waals surface area contributed by atoms with Gasteiger partial charge in [0.05, 0.1) is 12.3 Å². The van der Waals surface area contributed by atoms with E-state index < -0.39 is 0 Å². The topological polar surface area (TPSA) is 44.5 Å². The van der Waals surface area contributed by atoms with Crippen LogP contribution in [0.1, 0.15) is 19.4 Å². The van der Waals surface area contributed by atoms with Gasteiger partial charge in [-0.25, -0.2) is 0 Å². The van der Waals surface area contributed by atoms with Crippen LogP contribution in [0.15, 0.2) is 12.4 Å². The second kappa shape index (κ2) is 5.82. The molecule has 0 aliphatic carbocycles. The maximum absolute atomic E-state index is 9.46. The number of aromatic nitrogens is 2. The van der Waals surface area contributed by atoms with Gasteiger partial charge in [0.1, 0.15) is 0 Å². The fourth-order valence-electron chi connectivity index (χ4n) is 2.64. The summed E-state index contributed by atoms with van der Waals surface area (Å²) < 4.78 is 1.85. The molecule has 0 aromatic carbocycles. The monoisotopic (exact) mass is 252 g/mol. The summed E-state index contributed by atoms with van der Waals surface area (Å²) in [6.07, 6.45) is 3.77. The normalized spacial score (nSPS) is 24.3. The number of aliphatic hydroxyl groups excluding tert-OH is 1. The molecule has 1 aromatic rings. The van der Waals surface area contributed by atoms with E-state index in [9.17, 15) is 5.11 Å². The average molecular weight is 252 g/mol. The summed E-state index contributed by atoms with van der Waals surface area (Å²) in [5, 5.41) is 13.7. The molecular formula is C13H24N4O. The average Bonchev–Trinajstić information content (AvgIpc) is 2.68. The maximum atomic E-state index is 9.46. The van der Waals surface area contributed by atoms with Crippen LogP contribution in [-0.4, -0.2) is 63.0 Å². The third kappa shape index (κ3) is 3.54. The summed E-state index contributed by atoms with van der Waals surface area (Å²) >= 11 is 0. The standard InChI is InChI=1S/C13H24N4O/c1-11-7-16(4-5-17(11)8-12(2)18)10-13-6-14-15(3)9-13/h6,9,11-12,18H,4-5,7-8,10H2,1-3H3/t11-,12+/m1/s1. The van der Waals surface area contributed by atoms with E-state index in [-0.39, 0.29) is 6.10 Å². The van der Waals surface area contributed by atoms with Crippen LogP contribution in [0, 0.1) is 0 Å². The third-order valence-electron chi connectivity index (χ3n) is 3.51. The number of aryl methyl sites for hydroxylation is 1. The minimum absolute atomic E-state index is 0.239. The molecule has 18 heavy (non-hydrogen) atoms. The Bertz CT molecular complexity index is 377. The van der Waals surface area contributed by atoms with E-state index >= 15 is 0 Å². The molecule has 2 heterocycles. The zero-order valence-electron chi connectivity index (χ0n) is 11.6. The molecular weight excluding hydrogens is 228 g/mol. The predicted octanol–water partition coefficient (Wildman–Crippen LogP) is 0.307. The Labute approximate surface area is 109 Å². The van der Waals surface area contributed by atoms with Gasteiger partial charge in [0.15, 0.2) is 0 Å². The smallest absolute Gasteiger partial charge is 0.0639 e. The van der Waals surface area contributed by atoms with Crippen molar-refractivity contribution >= 4 is 0 Å². The van der Waals surface area contributed by atoms with Crippen molar-refractivity contribution in [3.8, 4) is 0 Å². The lowest BCUT2D eigenvalue weighted by molar-refractivity contribution is 0.0423. The molecule has 1 aliphatic rings. The first-order valence-corrected chi connectivity index (χ1v) is 6.66. The Morgan fingerprint density at radius 3 is 2.83 bits per heavy atom. The second-order valence-electron chi connectivity index (χ2n) is 5.45. The summed E-state index contributed by atoms with van der Waals surface area (Å²) in [4.78, 5) is 4.82. The first-order valence-electron chi connectivity index (χ1n) is 6.66. The van der Waals surface area contributed by atoms with E-state index in [0.717, 1.165) is 32.7 Å². The van der Waals surface area contributed by atoms with Crippen molar-refractivity contribution in [1.29, 1.82) is 0 Å². The first kappa shape index (κ1) is 13.5. The third-order valence-corrected chi connectivity index (χ3v) is 3.51.